The number of hydrogen-bond donors (Lipinski definition) is 1. The summed E-state index contributed by atoms with van der Waals surface area (Å²) in [5.41, 5.74) is 0. The number of ether oxygens (including phenoxy) is 1. The highest BCUT2D eigenvalue weighted by molar-refractivity contribution is 7.86. The van der Waals surface area contributed by atoms with Gasteiger partial charge in [-0.2, -0.15) is 17.0 Å². The van der Waals surface area contributed by atoms with Crippen LogP contribution in [-0.4, -0.2) is 92.5 Å². The van der Waals surface area contributed by atoms with Gasteiger partial charge in [-0.15, -0.1) is 0 Å². The second-order valence-electron chi connectivity index (χ2n) is 6.34. The quantitative estimate of drug-likeness (QED) is 0.718. The highest BCUT2D eigenvalue weighted by Crippen LogP contribution is 2.24. The lowest BCUT2D eigenvalue weighted by molar-refractivity contribution is -0.0469. The fourth-order valence-electron chi connectivity index (χ4n) is 3.37. The number of rotatable bonds is 3. The van der Waals surface area contributed by atoms with Gasteiger partial charge in [-0.25, -0.2) is 0 Å². The molecule has 0 aromatic carbocycles. The van der Waals surface area contributed by atoms with Crippen molar-refractivity contribution in [2.75, 3.05) is 52.4 Å². The molecule has 0 aromatic rings. The zero-order valence-electron chi connectivity index (χ0n) is 12.9. The van der Waals surface area contributed by atoms with Crippen molar-refractivity contribution >= 4 is 10.2 Å². The van der Waals surface area contributed by atoms with E-state index in [2.05, 4.69) is 10.2 Å². The molecule has 1 N–H and O–H groups in total. The number of piperazine rings is 1. The standard InChI is InChI=1S/C13H26N4O3S/c1-11-7-16(8-12(2)20-11)21(18,19)17-9-13(10-17)15-5-3-14-4-6-15/h11-14H,3-10H2,1-2H3. The zero-order valence-corrected chi connectivity index (χ0v) is 13.7. The topological polar surface area (TPSA) is 65.1 Å². The Morgan fingerprint density at radius 3 is 2.05 bits per heavy atom. The molecule has 3 heterocycles. The number of nitrogens with one attached hydrogen (secondary N) is 1. The molecule has 3 aliphatic heterocycles. The number of hydrogen-bond acceptors (Lipinski definition) is 5. The minimum absolute atomic E-state index is 0.0335. The second-order valence-corrected chi connectivity index (χ2v) is 8.27. The van der Waals surface area contributed by atoms with Crippen LogP contribution in [0.25, 0.3) is 0 Å². The first-order chi connectivity index (χ1) is 9.96. The van der Waals surface area contributed by atoms with Crippen LogP contribution in [0.1, 0.15) is 13.8 Å². The Balaban J connectivity index is 1.57. The molecule has 122 valence electrons. The SMILES string of the molecule is CC1CN(S(=O)(=O)N2CC(N3CCNCC3)C2)CC(C)O1. The van der Waals surface area contributed by atoms with Gasteiger partial charge in [-0.3, -0.25) is 4.90 Å². The van der Waals surface area contributed by atoms with Crippen LogP contribution < -0.4 is 5.32 Å². The summed E-state index contributed by atoms with van der Waals surface area (Å²) in [5.74, 6) is 0. The van der Waals surface area contributed by atoms with E-state index in [1.165, 1.54) is 0 Å². The van der Waals surface area contributed by atoms with Crippen LogP contribution in [-0.2, 0) is 14.9 Å². The number of nitrogens with zero attached hydrogens (tertiary/aromatic N) is 3. The average Bonchev–Trinajstić information content (AvgIpc) is 2.36. The van der Waals surface area contributed by atoms with Crippen molar-refractivity contribution in [2.45, 2.75) is 32.1 Å². The Bertz CT molecular complexity index is 450. The summed E-state index contributed by atoms with van der Waals surface area (Å²) >= 11 is 0. The van der Waals surface area contributed by atoms with Crippen molar-refractivity contribution in [3.05, 3.63) is 0 Å². The average molecular weight is 318 g/mol. The molecule has 3 fully saturated rings. The maximum atomic E-state index is 12.7. The summed E-state index contributed by atoms with van der Waals surface area (Å²) in [6, 6.07) is 0.387. The van der Waals surface area contributed by atoms with Crippen LogP contribution in [0.15, 0.2) is 0 Å². The lowest BCUT2D eigenvalue weighted by Crippen LogP contribution is -2.66. The molecule has 0 saturated carbocycles. The molecule has 0 aromatic heterocycles. The Hall–Kier alpha value is -0.250. The summed E-state index contributed by atoms with van der Waals surface area (Å²) < 4.78 is 34.1. The van der Waals surface area contributed by atoms with Gasteiger partial charge in [0.2, 0.25) is 0 Å². The molecule has 0 radical (unpaired) electrons. The highest BCUT2D eigenvalue weighted by Gasteiger charge is 2.43. The first-order valence-corrected chi connectivity index (χ1v) is 9.22. The van der Waals surface area contributed by atoms with Gasteiger partial charge in [0.15, 0.2) is 0 Å². The molecule has 3 rings (SSSR count). The van der Waals surface area contributed by atoms with Gasteiger partial charge in [0.25, 0.3) is 10.2 Å². The van der Waals surface area contributed by atoms with Gasteiger partial charge in [-0.1, -0.05) is 0 Å². The highest BCUT2D eigenvalue weighted by atomic mass is 32.2. The Morgan fingerprint density at radius 2 is 1.48 bits per heavy atom. The predicted molar refractivity (Wildman–Crippen MR) is 80.3 cm³/mol. The molecule has 3 saturated heterocycles. The van der Waals surface area contributed by atoms with Crippen LogP contribution in [0, 0.1) is 0 Å². The van der Waals surface area contributed by atoms with Crippen molar-refractivity contribution < 1.29 is 13.2 Å². The molecule has 21 heavy (non-hydrogen) atoms. The molecule has 0 spiro atoms. The summed E-state index contributed by atoms with van der Waals surface area (Å²) in [5, 5.41) is 3.32. The van der Waals surface area contributed by atoms with Crippen LogP contribution in [0.4, 0.5) is 0 Å². The molecule has 2 unspecified atom stereocenters. The summed E-state index contributed by atoms with van der Waals surface area (Å²) in [6.45, 7) is 10.1. The third kappa shape index (κ3) is 3.25. The fourth-order valence-corrected chi connectivity index (χ4v) is 5.21. The first kappa shape index (κ1) is 15.6. The lowest BCUT2D eigenvalue weighted by atomic mass is 10.1. The third-order valence-corrected chi connectivity index (χ3v) is 6.44. The maximum absolute atomic E-state index is 12.7. The van der Waals surface area contributed by atoms with Crippen molar-refractivity contribution in [1.29, 1.82) is 0 Å². The zero-order chi connectivity index (χ0) is 15.0. The maximum Gasteiger partial charge on any atom is 0.282 e. The summed E-state index contributed by atoms with van der Waals surface area (Å²) in [7, 11) is -3.32. The van der Waals surface area contributed by atoms with E-state index in [1.54, 1.807) is 8.61 Å². The van der Waals surface area contributed by atoms with E-state index in [-0.39, 0.29) is 12.2 Å². The van der Waals surface area contributed by atoms with Gasteiger partial charge in [-0.05, 0) is 13.8 Å². The molecule has 3 aliphatic rings. The van der Waals surface area contributed by atoms with Gasteiger partial charge in [0, 0.05) is 58.4 Å². The molecular weight excluding hydrogens is 292 g/mol. The Morgan fingerprint density at radius 1 is 0.952 bits per heavy atom. The first-order valence-electron chi connectivity index (χ1n) is 7.82. The Kier molecular flexibility index (Phi) is 4.54. The molecular formula is C13H26N4O3S. The van der Waals surface area contributed by atoms with Crippen LogP contribution in [0.3, 0.4) is 0 Å². The van der Waals surface area contributed by atoms with Crippen molar-refractivity contribution in [1.82, 2.24) is 18.8 Å². The van der Waals surface area contributed by atoms with Crippen LogP contribution >= 0.6 is 0 Å². The van der Waals surface area contributed by atoms with Crippen molar-refractivity contribution in [2.24, 2.45) is 0 Å². The van der Waals surface area contributed by atoms with E-state index in [0.717, 1.165) is 26.2 Å². The van der Waals surface area contributed by atoms with Crippen LogP contribution in [0.2, 0.25) is 0 Å². The van der Waals surface area contributed by atoms with E-state index in [9.17, 15) is 8.42 Å². The van der Waals surface area contributed by atoms with Gasteiger partial charge < -0.3 is 10.1 Å². The smallest absolute Gasteiger partial charge is 0.282 e. The molecule has 8 heteroatoms. The summed E-state index contributed by atoms with van der Waals surface area (Å²) in [6.07, 6.45) is -0.0671. The van der Waals surface area contributed by atoms with E-state index >= 15 is 0 Å². The van der Waals surface area contributed by atoms with Gasteiger partial charge in [0.05, 0.1) is 12.2 Å². The monoisotopic (exact) mass is 318 g/mol. The summed E-state index contributed by atoms with van der Waals surface area (Å²) in [4.78, 5) is 2.40. The number of morpholine rings is 1. The minimum atomic E-state index is -3.32. The molecule has 0 amide bonds. The Labute approximate surface area is 127 Å². The molecule has 0 bridgehead atoms. The van der Waals surface area contributed by atoms with Crippen molar-refractivity contribution in [3.63, 3.8) is 0 Å². The van der Waals surface area contributed by atoms with E-state index in [4.69, 9.17) is 4.74 Å². The van der Waals surface area contributed by atoms with E-state index in [1.807, 2.05) is 13.8 Å². The predicted octanol–water partition coefficient (Wildman–Crippen LogP) is -1.07. The lowest BCUT2D eigenvalue weighted by Gasteiger charge is -2.48. The second kappa shape index (κ2) is 6.10. The third-order valence-electron chi connectivity index (χ3n) is 4.54. The van der Waals surface area contributed by atoms with Crippen LogP contribution in [0.5, 0.6) is 0 Å². The van der Waals surface area contributed by atoms with Gasteiger partial charge in [0.1, 0.15) is 0 Å². The fraction of sp³-hybridized carbons (Fsp3) is 1.00. The van der Waals surface area contributed by atoms with Gasteiger partial charge >= 0.3 is 0 Å². The van der Waals surface area contributed by atoms with E-state index < -0.39 is 10.2 Å². The van der Waals surface area contributed by atoms with Crippen molar-refractivity contribution in [3.8, 4) is 0 Å². The molecule has 0 aliphatic carbocycles. The molecule has 7 nitrogen and oxygen atoms in total. The molecule has 2 atom stereocenters. The normalized spacial score (nSPS) is 34.8. The largest absolute Gasteiger partial charge is 0.373 e. The minimum Gasteiger partial charge on any atom is -0.373 e. The van der Waals surface area contributed by atoms with E-state index in [0.29, 0.717) is 32.2 Å².